The minimum Gasteiger partial charge on any atom is -0.481 e. The summed E-state index contributed by atoms with van der Waals surface area (Å²) in [5, 5.41) is 22.2. The highest BCUT2D eigenvalue weighted by Crippen LogP contribution is 2.17. The fourth-order valence-electron chi connectivity index (χ4n) is 2.60. The molecule has 0 aliphatic carbocycles. The molecule has 8 nitrogen and oxygen atoms in total. The molecule has 0 unspecified atom stereocenters. The Morgan fingerprint density at radius 1 is 1.23 bits per heavy atom. The van der Waals surface area contributed by atoms with Gasteiger partial charge in [-0.15, -0.1) is 0 Å². The molecule has 1 aromatic heterocycles. The standard InChI is InChI=1S/C18H20N2O6/c1-12-11-26-15(10-16(21)22)17(12)18(23)19-9-3-2-4-13-5-7-14(8-6-13)20(24)25/h5-8,11H,2-4,9-10H2,1H3,(H,19,23)(H,21,22). The van der Waals surface area contributed by atoms with Gasteiger partial charge in [-0.2, -0.15) is 0 Å². The number of aliphatic carboxylic acids is 1. The number of carbonyl (C=O) groups is 2. The van der Waals surface area contributed by atoms with E-state index in [1.165, 1.54) is 18.4 Å². The largest absolute Gasteiger partial charge is 0.481 e. The van der Waals surface area contributed by atoms with Crippen molar-refractivity contribution in [3.63, 3.8) is 0 Å². The van der Waals surface area contributed by atoms with E-state index in [1.807, 2.05) is 0 Å². The summed E-state index contributed by atoms with van der Waals surface area (Å²) in [6, 6.07) is 6.40. The number of nitrogens with one attached hydrogen (secondary N) is 1. The summed E-state index contributed by atoms with van der Waals surface area (Å²) in [5.41, 5.74) is 1.94. The number of nitro benzene ring substituents is 1. The molecular formula is C18H20N2O6. The van der Waals surface area contributed by atoms with Crippen LogP contribution in [0.4, 0.5) is 5.69 Å². The molecule has 1 amide bonds. The Bertz CT molecular complexity index is 795. The zero-order valence-corrected chi connectivity index (χ0v) is 14.4. The van der Waals surface area contributed by atoms with E-state index >= 15 is 0 Å². The SMILES string of the molecule is Cc1coc(CC(=O)O)c1C(=O)NCCCCc1ccc([N+](=O)[O-])cc1. The molecule has 0 saturated carbocycles. The number of carbonyl (C=O) groups excluding carboxylic acids is 1. The summed E-state index contributed by atoms with van der Waals surface area (Å²) in [6.07, 6.45) is 3.33. The number of amides is 1. The maximum Gasteiger partial charge on any atom is 0.311 e. The maximum atomic E-state index is 12.2. The van der Waals surface area contributed by atoms with Crippen LogP contribution < -0.4 is 5.32 Å². The van der Waals surface area contributed by atoms with E-state index < -0.39 is 10.9 Å². The molecule has 0 saturated heterocycles. The Morgan fingerprint density at radius 3 is 2.54 bits per heavy atom. The summed E-state index contributed by atoms with van der Waals surface area (Å²) in [6.45, 7) is 2.14. The third-order valence-electron chi connectivity index (χ3n) is 3.91. The van der Waals surface area contributed by atoms with Gasteiger partial charge in [-0.05, 0) is 31.7 Å². The second-order valence-corrected chi connectivity index (χ2v) is 5.92. The van der Waals surface area contributed by atoms with Crippen LogP contribution in [0.15, 0.2) is 34.9 Å². The molecule has 0 aliphatic rings. The predicted molar refractivity (Wildman–Crippen MR) is 93.2 cm³/mol. The van der Waals surface area contributed by atoms with Crippen molar-refractivity contribution >= 4 is 17.6 Å². The second-order valence-electron chi connectivity index (χ2n) is 5.92. The van der Waals surface area contributed by atoms with E-state index in [-0.39, 0.29) is 29.3 Å². The average molecular weight is 360 g/mol. The molecule has 1 aromatic carbocycles. The number of carboxylic acids is 1. The summed E-state index contributed by atoms with van der Waals surface area (Å²) < 4.78 is 5.15. The van der Waals surface area contributed by atoms with E-state index in [2.05, 4.69) is 5.32 Å². The normalized spacial score (nSPS) is 10.5. The van der Waals surface area contributed by atoms with Crippen LogP contribution in [0.25, 0.3) is 0 Å². The monoisotopic (exact) mass is 360 g/mol. The zero-order valence-electron chi connectivity index (χ0n) is 14.4. The first kappa shape index (κ1) is 19.2. The Morgan fingerprint density at radius 2 is 1.92 bits per heavy atom. The van der Waals surface area contributed by atoms with Crippen LogP contribution >= 0.6 is 0 Å². The number of aryl methyl sites for hydroxylation is 2. The molecule has 138 valence electrons. The van der Waals surface area contributed by atoms with E-state index in [4.69, 9.17) is 9.52 Å². The Labute approximate surface area is 150 Å². The Hall–Kier alpha value is -3.16. The van der Waals surface area contributed by atoms with Crippen LogP contribution in [0.2, 0.25) is 0 Å². The van der Waals surface area contributed by atoms with Gasteiger partial charge < -0.3 is 14.8 Å². The molecule has 2 rings (SSSR count). The van der Waals surface area contributed by atoms with Crippen LogP contribution in [-0.2, 0) is 17.6 Å². The van der Waals surface area contributed by atoms with Gasteiger partial charge in [0.05, 0.1) is 16.7 Å². The van der Waals surface area contributed by atoms with Crippen LogP contribution in [0.1, 0.15) is 40.1 Å². The van der Waals surface area contributed by atoms with Gasteiger partial charge in [-0.25, -0.2) is 0 Å². The van der Waals surface area contributed by atoms with Crippen LogP contribution in [0.3, 0.4) is 0 Å². The maximum absolute atomic E-state index is 12.2. The fraction of sp³-hybridized carbons (Fsp3) is 0.333. The summed E-state index contributed by atoms with van der Waals surface area (Å²) >= 11 is 0. The molecule has 0 fully saturated rings. The van der Waals surface area contributed by atoms with Gasteiger partial charge in [0, 0.05) is 24.2 Å². The Balaban J connectivity index is 1.78. The number of nitrogens with zero attached hydrogens (tertiary/aromatic N) is 1. The van der Waals surface area contributed by atoms with Crippen molar-refractivity contribution in [2.75, 3.05) is 6.54 Å². The molecule has 1 heterocycles. The lowest BCUT2D eigenvalue weighted by Crippen LogP contribution is -2.26. The van der Waals surface area contributed by atoms with Gasteiger partial charge in [-0.3, -0.25) is 19.7 Å². The molecular weight excluding hydrogens is 340 g/mol. The first-order valence-corrected chi connectivity index (χ1v) is 8.18. The predicted octanol–water partition coefficient (Wildman–Crippen LogP) is 2.88. The molecule has 0 atom stereocenters. The van der Waals surface area contributed by atoms with E-state index in [1.54, 1.807) is 19.1 Å². The van der Waals surface area contributed by atoms with Gasteiger partial charge in [0.1, 0.15) is 12.2 Å². The van der Waals surface area contributed by atoms with E-state index in [0.29, 0.717) is 12.1 Å². The fourth-order valence-corrected chi connectivity index (χ4v) is 2.60. The van der Waals surface area contributed by atoms with E-state index in [0.717, 1.165) is 24.8 Å². The lowest BCUT2D eigenvalue weighted by atomic mass is 10.1. The van der Waals surface area contributed by atoms with Crippen molar-refractivity contribution < 1.29 is 24.0 Å². The quantitative estimate of drug-likeness (QED) is 0.403. The number of nitro groups is 1. The molecule has 2 aromatic rings. The number of hydrogen-bond acceptors (Lipinski definition) is 5. The van der Waals surface area contributed by atoms with E-state index in [9.17, 15) is 19.7 Å². The highest BCUT2D eigenvalue weighted by atomic mass is 16.6. The number of furan rings is 1. The number of benzene rings is 1. The Kier molecular flexibility index (Phi) is 6.48. The molecule has 0 bridgehead atoms. The lowest BCUT2D eigenvalue weighted by Gasteiger charge is -2.06. The van der Waals surface area contributed by atoms with Crippen molar-refractivity contribution in [1.82, 2.24) is 5.32 Å². The number of unbranched alkanes of at least 4 members (excludes halogenated alkanes) is 1. The van der Waals surface area contributed by atoms with Crippen molar-refractivity contribution in [3.05, 3.63) is 63.1 Å². The van der Waals surface area contributed by atoms with Crippen molar-refractivity contribution in [2.45, 2.75) is 32.6 Å². The molecule has 0 aliphatic heterocycles. The van der Waals surface area contributed by atoms with Crippen molar-refractivity contribution in [3.8, 4) is 0 Å². The summed E-state index contributed by atoms with van der Waals surface area (Å²) in [5.74, 6) is -1.25. The topological polar surface area (TPSA) is 123 Å². The highest BCUT2D eigenvalue weighted by molar-refractivity contribution is 5.97. The minimum absolute atomic E-state index is 0.0636. The van der Waals surface area contributed by atoms with Gasteiger partial charge in [0.25, 0.3) is 11.6 Å². The average Bonchev–Trinajstić information content (AvgIpc) is 2.94. The first-order valence-electron chi connectivity index (χ1n) is 8.18. The van der Waals surface area contributed by atoms with Crippen molar-refractivity contribution in [1.29, 1.82) is 0 Å². The molecule has 8 heteroatoms. The molecule has 0 radical (unpaired) electrons. The van der Waals surface area contributed by atoms with Gasteiger partial charge >= 0.3 is 5.97 Å². The van der Waals surface area contributed by atoms with Gasteiger partial charge in [0.2, 0.25) is 0 Å². The van der Waals surface area contributed by atoms with Crippen molar-refractivity contribution in [2.24, 2.45) is 0 Å². The third-order valence-corrected chi connectivity index (χ3v) is 3.91. The smallest absolute Gasteiger partial charge is 0.311 e. The molecule has 0 spiro atoms. The number of rotatable bonds is 9. The summed E-state index contributed by atoms with van der Waals surface area (Å²) in [7, 11) is 0. The second kappa shape index (κ2) is 8.80. The van der Waals surface area contributed by atoms with Crippen LogP contribution in [0, 0.1) is 17.0 Å². The first-order chi connectivity index (χ1) is 12.4. The summed E-state index contributed by atoms with van der Waals surface area (Å²) in [4.78, 5) is 33.2. The molecule has 26 heavy (non-hydrogen) atoms. The number of carboxylic acid groups (broad SMARTS) is 1. The highest BCUT2D eigenvalue weighted by Gasteiger charge is 2.20. The number of hydrogen-bond donors (Lipinski definition) is 2. The van der Waals surface area contributed by atoms with Crippen LogP contribution in [-0.4, -0.2) is 28.5 Å². The lowest BCUT2D eigenvalue weighted by molar-refractivity contribution is -0.384. The zero-order chi connectivity index (χ0) is 19.1. The van der Waals surface area contributed by atoms with Gasteiger partial charge in [-0.1, -0.05) is 12.1 Å². The molecule has 2 N–H and O–H groups in total. The number of non-ortho nitro benzene ring substituents is 1. The van der Waals surface area contributed by atoms with Crippen LogP contribution in [0.5, 0.6) is 0 Å². The minimum atomic E-state index is -1.06. The van der Waals surface area contributed by atoms with Gasteiger partial charge in [0.15, 0.2) is 0 Å². The third kappa shape index (κ3) is 5.17.